The van der Waals surface area contributed by atoms with E-state index in [1.54, 1.807) is 27.6 Å². The van der Waals surface area contributed by atoms with Crippen LogP contribution in [0.4, 0.5) is 5.82 Å². The van der Waals surface area contributed by atoms with E-state index in [2.05, 4.69) is 32.3 Å². The van der Waals surface area contributed by atoms with E-state index in [1.807, 2.05) is 81.7 Å². The number of nitrogens with zero attached hydrogens (tertiary/aromatic N) is 6. The molecule has 10 nitrogen and oxygen atoms in total. The number of hydrogen-bond donors (Lipinski definition) is 2. The fourth-order valence-electron chi connectivity index (χ4n) is 4.87. The number of nitrogen functional groups attached to an aromatic ring is 1. The van der Waals surface area contributed by atoms with E-state index in [0.29, 0.717) is 39.1 Å². The normalized spacial score (nSPS) is 11.8. The molecule has 202 valence electrons. The molecule has 1 amide bonds. The third kappa shape index (κ3) is 4.70. The average molecular weight is 543 g/mol. The van der Waals surface area contributed by atoms with Crippen molar-refractivity contribution in [3.8, 4) is 17.5 Å². The average Bonchev–Trinajstić information content (AvgIpc) is 3.53. The number of nitrogens with two attached hydrogens (primary N) is 1. The van der Waals surface area contributed by atoms with Crippen molar-refractivity contribution in [1.29, 1.82) is 0 Å². The van der Waals surface area contributed by atoms with Gasteiger partial charge in [0.15, 0.2) is 17.2 Å². The van der Waals surface area contributed by atoms with Gasteiger partial charge in [-0.05, 0) is 55.6 Å². The molecule has 0 unspecified atom stereocenters. The predicted molar refractivity (Wildman–Crippen MR) is 157 cm³/mol. The number of rotatable bonds is 4. The summed E-state index contributed by atoms with van der Waals surface area (Å²) in [6.45, 7) is 3.64. The second kappa shape index (κ2) is 10.1. The van der Waals surface area contributed by atoms with Crippen LogP contribution >= 0.6 is 0 Å². The van der Waals surface area contributed by atoms with Crippen molar-refractivity contribution in [2.24, 2.45) is 7.05 Å². The molecule has 0 aliphatic rings. The van der Waals surface area contributed by atoms with Crippen molar-refractivity contribution in [3.05, 3.63) is 118 Å². The van der Waals surface area contributed by atoms with Crippen LogP contribution in [0.3, 0.4) is 0 Å². The molecule has 0 aliphatic heterocycles. The molecule has 0 saturated heterocycles. The number of aryl methyl sites for hydroxylation is 2. The second-order valence-corrected chi connectivity index (χ2v) is 9.75. The van der Waals surface area contributed by atoms with Gasteiger partial charge in [0.25, 0.3) is 11.5 Å². The van der Waals surface area contributed by atoms with Crippen LogP contribution in [-0.2, 0) is 7.05 Å². The quantitative estimate of drug-likeness (QED) is 0.328. The van der Waals surface area contributed by atoms with E-state index in [-0.39, 0.29) is 17.1 Å². The van der Waals surface area contributed by atoms with E-state index in [0.717, 1.165) is 5.56 Å². The Morgan fingerprint density at radius 3 is 2.61 bits per heavy atom. The van der Waals surface area contributed by atoms with Gasteiger partial charge in [-0.25, -0.2) is 9.50 Å². The first kappa shape index (κ1) is 25.6. The van der Waals surface area contributed by atoms with Gasteiger partial charge in [0, 0.05) is 30.2 Å². The van der Waals surface area contributed by atoms with Crippen molar-refractivity contribution in [1.82, 2.24) is 34.3 Å². The zero-order valence-electron chi connectivity index (χ0n) is 22.7. The Kier molecular flexibility index (Phi) is 6.32. The maximum Gasteiger partial charge on any atom is 0.274 e. The summed E-state index contributed by atoms with van der Waals surface area (Å²) in [5, 5.41) is 12.8. The van der Waals surface area contributed by atoms with Crippen LogP contribution in [0, 0.1) is 18.8 Å². The Morgan fingerprint density at radius 2 is 1.85 bits per heavy atom. The lowest BCUT2D eigenvalue weighted by molar-refractivity contribution is 0.0932. The van der Waals surface area contributed by atoms with Gasteiger partial charge in [0.1, 0.15) is 0 Å². The number of anilines is 1. The van der Waals surface area contributed by atoms with Gasteiger partial charge < -0.3 is 11.1 Å². The van der Waals surface area contributed by atoms with Gasteiger partial charge in [-0.3, -0.25) is 18.8 Å². The molecule has 0 bridgehead atoms. The zero-order chi connectivity index (χ0) is 28.7. The first-order chi connectivity index (χ1) is 19.8. The zero-order valence-corrected chi connectivity index (χ0v) is 22.7. The summed E-state index contributed by atoms with van der Waals surface area (Å²) < 4.78 is 4.72. The maximum absolute atomic E-state index is 14.2. The SMILES string of the molecule is Cc1ccc2nc(N)c(C(=O)N[C@@H](C)c3cc4cccc(C#Cc5cnn(C)c5)c4c(=O)n3-c3ccccc3)n2n1. The molecule has 41 heavy (non-hydrogen) atoms. The smallest absolute Gasteiger partial charge is 0.274 e. The highest BCUT2D eigenvalue weighted by Gasteiger charge is 2.23. The predicted octanol–water partition coefficient (Wildman–Crippen LogP) is 3.55. The lowest BCUT2D eigenvalue weighted by Gasteiger charge is -2.21. The second-order valence-electron chi connectivity index (χ2n) is 9.75. The molecule has 3 N–H and O–H groups in total. The van der Waals surface area contributed by atoms with Gasteiger partial charge >= 0.3 is 0 Å². The summed E-state index contributed by atoms with van der Waals surface area (Å²) in [7, 11) is 1.82. The Bertz CT molecular complexity index is 2080. The standard InChI is InChI=1S/C31H26N8O2/c1-19-12-15-26-35-29(32)28(39(26)36-19)30(40)34-20(2)25-16-23-9-7-8-22(14-13-21-17-33-37(3)18-21)27(23)31(41)38(25)24-10-5-4-6-11-24/h4-12,15-18,20H,32H2,1-3H3,(H,34,40)/t20-/m0/s1. The number of carbonyl (C=O) groups excluding carboxylic acids is 1. The fraction of sp³-hybridized carbons (Fsp3) is 0.129. The molecule has 4 aromatic heterocycles. The van der Waals surface area contributed by atoms with Crippen molar-refractivity contribution in [3.63, 3.8) is 0 Å². The van der Waals surface area contributed by atoms with E-state index in [4.69, 9.17) is 5.73 Å². The highest BCUT2D eigenvalue weighted by Crippen LogP contribution is 2.24. The molecule has 0 fully saturated rings. The highest BCUT2D eigenvalue weighted by atomic mass is 16.2. The number of amides is 1. The van der Waals surface area contributed by atoms with E-state index in [1.165, 1.54) is 4.52 Å². The molecular weight excluding hydrogens is 516 g/mol. The topological polar surface area (TPSA) is 125 Å². The first-order valence-electron chi connectivity index (χ1n) is 13.0. The first-order valence-corrected chi connectivity index (χ1v) is 13.0. The van der Waals surface area contributed by atoms with Crippen LogP contribution in [0.15, 0.2) is 83.9 Å². The molecule has 4 heterocycles. The monoisotopic (exact) mass is 542 g/mol. The van der Waals surface area contributed by atoms with Crippen LogP contribution in [0.2, 0.25) is 0 Å². The van der Waals surface area contributed by atoms with Crippen molar-refractivity contribution >= 4 is 28.1 Å². The van der Waals surface area contributed by atoms with E-state index >= 15 is 0 Å². The minimum absolute atomic E-state index is 0.0728. The number of nitrogens with one attached hydrogen (secondary N) is 1. The van der Waals surface area contributed by atoms with Crippen molar-refractivity contribution < 1.29 is 4.79 Å². The van der Waals surface area contributed by atoms with Gasteiger partial charge in [0.2, 0.25) is 0 Å². The molecule has 0 spiro atoms. The van der Waals surface area contributed by atoms with Crippen LogP contribution in [0.25, 0.3) is 22.1 Å². The number of imidazole rings is 1. The number of carbonyl (C=O) groups is 1. The van der Waals surface area contributed by atoms with Gasteiger partial charge in [-0.1, -0.05) is 42.2 Å². The summed E-state index contributed by atoms with van der Waals surface area (Å²) in [5.74, 6) is 5.86. The van der Waals surface area contributed by atoms with Gasteiger partial charge in [-0.15, -0.1) is 0 Å². The van der Waals surface area contributed by atoms with Crippen LogP contribution in [0.1, 0.15) is 46.0 Å². The summed E-state index contributed by atoms with van der Waals surface area (Å²) >= 11 is 0. The molecule has 0 saturated carbocycles. The summed E-state index contributed by atoms with van der Waals surface area (Å²) in [6.07, 6.45) is 3.49. The van der Waals surface area contributed by atoms with Gasteiger partial charge in [0.05, 0.1) is 28.9 Å². The number of hydrogen-bond acceptors (Lipinski definition) is 6. The molecule has 2 aromatic carbocycles. The summed E-state index contributed by atoms with van der Waals surface area (Å²) in [5.41, 5.74) is 9.81. The van der Waals surface area contributed by atoms with Crippen LogP contribution in [0.5, 0.6) is 0 Å². The minimum atomic E-state index is -0.584. The molecular formula is C31H26N8O2. The molecule has 1 atom stereocenters. The number of benzene rings is 2. The Hall–Kier alpha value is -5.69. The Morgan fingerprint density at radius 1 is 1.05 bits per heavy atom. The third-order valence-corrected chi connectivity index (χ3v) is 6.78. The molecule has 10 heteroatoms. The number of para-hydroxylation sites is 1. The minimum Gasteiger partial charge on any atom is -0.382 e. The lowest BCUT2D eigenvalue weighted by atomic mass is 10.0. The van der Waals surface area contributed by atoms with Crippen molar-refractivity contribution in [2.75, 3.05) is 5.73 Å². The number of fused-ring (bicyclic) bond motifs is 2. The summed E-state index contributed by atoms with van der Waals surface area (Å²) in [4.78, 5) is 32.0. The van der Waals surface area contributed by atoms with Gasteiger partial charge in [-0.2, -0.15) is 10.2 Å². The van der Waals surface area contributed by atoms with Crippen molar-refractivity contribution in [2.45, 2.75) is 19.9 Å². The molecule has 6 rings (SSSR count). The Labute approximate surface area is 235 Å². The summed E-state index contributed by atoms with van der Waals surface area (Å²) in [6, 6.07) is 19.7. The lowest BCUT2D eigenvalue weighted by Crippen LogP contribution is -2.33. The van der Waals surface area contributed by atoms with E-state index in [9.17, 15) is 9.59 Å². The molecule has 0 radical (unpaired) electrons. The molecule has 0 aliphatic carbocycles. The fourth-order valence-corrected chi connectivity index (χ4v) is 4.87. The van der Waals surface area contributed by atoms with Crippen LogP contribution < -0.4 is 16.6 Å². The third-order valence-electron chi connectivity index (χ3n) is 6.78. The largest absolute Gasteiger partial charge is 0.382 e. The number of aromatic nitrogens is 6. The Balaban J connectivity index is 1.47. The molecule has 6 aromatic rings. The maximum atomic E-state index is 14.2. The number of pyridine rings is 1. The highest BCUT2D eigenvalue weighted by molar-refractivity contribution is 5.98. The van der Waals surface area contributed by atoms with Crippen LogP contribution in [-0.4, -0.2) is 34.9 Å². The van der Waals surface area contributed by atoms with E-state index < -0.39 is 11.9 Å².